The Morgan fingerprint density at radius 3 is 2.71 bits per heavy atom. The summed E-state index contributed by atoms with van der Waals surface area (Å²) in [7, 11) is 0. The monoisotopic (exact) mass is 328 g/mol. The average molecular weight is 329 g/mol. The van der Waals surface area contributed by atoms with Crippen LogP contribution in [0.25, 0.3) is 0 Å². The average Bonchev–Trinajstić information content (AvgIpc) is 2.80. The Hall–Kier alpha value is -1.69. The largest absolute Gasteiger partial charge is 0.494 e. The number of carbonyl (C=O) groups excluding carboxylic acids is 1. The number of ether oxygens (including phenoxy) is 1. The zero-order valence-corrected chi connectivity index (χ0v) is 12.8. The van der Waals surface area contributed by atoms with Crippen LogP contribution in [0.4, 0.5) is 5.69 Å². The van der Waals surface area contributed by atoms with E-state index in [1.165, 1.54) is 6.07 Å². The SMILES string of the molecule is CCOc1ccc(NC(=O)c2cc(Cl)c(Cl)[nH]2)cc1CO. The number of hydrogen-bond donors (Lipinski definition) is 3. The number of aromatic amines is 1. The maximum atomic E-state index is 12.0. The highest BCUT2D eigenvalue weighted by Crippen LogP contribution is 2.25. The van der Waals surface area contributed by atoms with Crippen LogP contribution in [0.1, 0.15) is 23.0 Å². The van der Waals surface area contributed by atoms with Crippen molar-refractivity contribution in [2.75, 3.05) is 11.9 Å². The normalized spacial score (nSPS) is 10.5. The first-order chi connectivity index (χ1) is 10.0. The number of amides is 1. The van der Waals surface area contributed by atoms with Crippen LogP contribution in [0.3, 0.4) is 0 Å². The smallest absolute Gasteiger partial charge is 0.272 e. The molecule has 0 aliphatic rings. The van der Waals surface area contributed by atoms with Crippen molar-refractivity contribution in [3.05, 3.63) is 45.7 Å². The van der Waals surface area contributed by atoms with Gasteiger partial charge in [0.25, 0.3) is 5.91 Å². The number of nitrogens with one attached hydrogen (secondary N) is 2. The van der Waals surface area contributed by atoms with Crippen molar-refractivity contribution < 1.29 is 14.6 Å². The van der Waals surface area contributed by atoms with Crippen molar-refractivity contribution in [3.8, 4) is 5.75 Å². The minimum Gasteiger partial charge on any atom is -0.494 e. The maximum Gasteiger partial charge on any atom is 0.272 e. The molecule has 0 saturated carbocycles. The number of H-pyrrole nitrogens is 1. The van der Waals surface area contributed by atoms with Gasteiger partial charge in [0.05, 0.1) is 18.2 Å². The molecule has 0 aliphatic carbocycles. The molecule has 112 valence electrons. The summed E-state index contributed by atoms with van der Waals surface area (Å²) < 4.78 is 5.38. The van der Waals surface area contributed by atoms with E-state index in [0.717, 1.165) is 0 Å². The second kappa shape index (κ2) is 6.85. The molecule has 0 spiro atoms. The minimum absolute atomic E-state index is 0.181. The molecule has 1 aromatic heterocycles. The minimum atomic E-state index is -0.378. The lowest BCUT2D eigenvalue weighted by Gasteiger charge is -2.11. The molecule has 3 N–H and O–H groups in total. The summed E-state index contributed by atoms with van der Waals surface area (Å²) in [6.45, 7) is 2.17. The van der Waals surface area contributed by atoms with Crippen molar-refractivity contribution >= 4 is 34.8 Å². The summed E-state index contributed by atoms with van der Waals surface area (Å²) in [5, 5.41) is 12.5. The van der Waals surface area contributed by atoms with E-state index < -0.39 is 0 Å². The van der Waals surface area contributed by atoms with Gasteiger partial charge >= 0.3 is 0 Å². The molecule has 0 unspecified atom stereocenters. The number of halogens is 2. The fourth-order valence-electron chi connectivity index (χ4n) is 1.80. The Morgan fingerprint density at radius 1 is 1.38 bits per heavy atom. The van der Waals surface area contributed by atoms with E-state index in [9.17, 15) is 9.90 Å². The van der Waals surface area contributed by atoms with Gasteiger partial charge in [-0.15, -0.1) is 0 Å². The van der Waals surface area contributed by atoms with E-state index in [2.05, 4.69) is 10.3 Å². The van der Waals surface area contributed by atoms with Gasteiger partial charge in [-0.1, -0.05) is 23.2 Å². The predicted molar refractivity (Wildman–Crippen MR) is 82.3 cm³/mol. The number of anilines is 1. The molecule has 0 aliphatic heterocycles. The molecule has 0 fully saturated rings. The molecule has 0 bridgehead atoms. The molecule has 2 rings (SSSR count). The van der Waals surface area contributed by atoms with Gasteiger partial charge in [0.2, 0.25) is 0 Å². The van der Waals surface area contributed by atoms with E-state index >= 15 is 0 Å². The van der Waals surface area contributed by atoms with Crippen LogP contribution in [0.15, 0.2) is 24.3 Å². The molecule has 1 aromatic carbocycles. The number of hydrogen-bond acceptors (Lipinski definition) is 3. The van der Waals surface area contributed by atoms with Gasteiger partial charge in [0.15, 0.2) is 0 Å². The van der Waals surface area contributed by atoms with Gasteiger partial charge in [0.1, 0.15) is 16.6 Å². The zero-order chi connectivity index (χ0) is 15.4. The molecule has 1 heterocycles. The van der Waals surface area contributed by atoms with E-state index in [-0.39, 0.29) is 28.4 Å². The fourth-order valence-corrected chi connectivity index (χ4v) is 2.11. The van der Waals surface area contributed by atoms with Gasteiger partial charge in [-0.25, -0.2) is 0 Å². The summed E-state index contributed by atoms with van der Waals surface area (Å²) >= 11 is 11.5. The first kappa shape index (κ1) is 15.7. The van der Waals surface area contributed by atoms with Crippen LogP contribution in [0, 0.1) is 0 Å². The van der Waals surface area contributed by atoms with Crippen LogP contribution in [0.5, 0.6) is 5.75 Å². The predicted octanol–water partition coefficient (Wildman–Crippen LogP) is 3.46. The maximum absolute atomic E-state index is 12.0. The number of aromatic nitrogens is 1. The lowest BCUT2D eigenvalue weighted by Crippen LogP contribution is -2.12. The van der Waals surface area contributed by atoms with Gasteiger partial charge in [0, 0.05) is 11.3 Å². The first-order valence-electron chi connectivity index (χ1n) is 6.27. The van der Waals surface area contributed by atoms with Gasteiger partial charge < -0.3 is 20.1 Å². The topological polar surface area (TPSA) is 74.3 Å². The third-order valence-corrected chi connectivity index (χ3v) is 3.45. The zero-order valence-electron chi connectivity index (χ0n) is 11.2. The highest BCUT2D eigenvalue weighted by atomic mass is 35.5. The third-order valence-electron chi connectivity index (χ3n) is 2.76. The lowest BCUT2D eigenvalue weighted by atomic mass is 10.2. The number of carbonyl (C=O) groups is 1. The van der Waals surface area contributed by atoms with Crippen molar-refractivity contribution in [1.82, 2.24) is 4.98 Å². The number of rotatable bonds is 5. The van der Waals surface area contributed by atoms with E-state index in [0.29, 0.717) is 23.6 Å². The molecule has 21 heavy (non-hydrogen) atoms. The number of aliphatic hydroxyl groups excluding tert-OH is 1. The molecule has 0 radical (unpaired) electrons. The molecule has 5 nitrogen and oxygen atoms in total. The van der Waals surface area contributed by atoms with Crippen molar-refractivity contribution in [2.24, 2.45) is 0 Å². The number of aliphatic hydroxyl groups is 1. The van der Waals surface area contributed by atoms with E-state index in [1.807, 2.05) is 6.92 Å². The van der Waals surface area contributed by atoms with Crippen LogP contribution in [-0.2, 0) is 6.61 Å². The highest BCUT2D eigenvalue weighted by molar-refractivity contribution is 6.41. The summed E-state index contributed by atoms with van der Waals surface area (Å²) in [4.78, 5) is 14.7. The van der Waals surface area contributed by atoms with Crippen LogP contribution in [0.2, 0.25) is 10.2 Å². The van der Waals surface area contributed by atoms with Crippen LogP contribution in [-0.4, -0.2) is 22.6 Å². The van der Waals surface area contributed by atoms with E-state index in [4.69, 9.17) is 27.9 Å². The Balaban J connectivity index is 2.17. The summed E-state index contributed by atoms with van der Waals surface area (Å²) in [5.74, 6) is 0.209. The Bertz CT molecular complexity index is 636. The standard InChI is InChI=1S/C14H14Cl2N2O3/c1-2-21-12-4-3-9(5-8(12)7-19)17-14(20)11-6-10(15)13(16)18-11/h3-6,18-19H,2,7H2,1H3,(H,17,20). The second-order valence-corrected chi connectivity index (χ2v) is 5.00. The molecular formula is C14H14Cl2N2O3. The van der Waals surface area contributed by atoms with Crippen LogP contribution >= 0.6 is 23.2 Å². The Kier molecular flexibility index (Phi) is 5.12. The fraction of sp³-hybridized carbons (Fsp3) is 0.214. The van der Waals surface area contributed by atoms with Gasteiger partial charge in [-0.2, -0.15) is 0 Å². The molecular weight excluding hydrogens is 315 g/mol. The third kappa shape index (κ3) is 3.69. The molecule has 0 saturated heterocycles. The molecule has 7 heteroatoms. The molecule has 0 atom stereocenters. The van der Waals surface area contributed by atoms with Gasteiger partial charge in [-0.05, 0) is 31.2 Å². The quantitative estimate of drug-likeness (QED) is 0.786. The lowest BCUT2D eigenvalue weighted by molar-refractivity contribution is 0.102. The summed E-state index contributed by atoms with van der Waals surface area (Å²) in [5.41, 5.74) is 1.39. The van der Waals surface area contributed by atoms with Crippen LogP contribution < -0.4 is 10.1 Å². The summed E-state index contributed by atoms with van der Waals surface area (Å²) in [6.07, 6.45) is 0. The van der Waals surface area contributed by atoms with Crippen molar-refractivity contribution in [2.45, 2.75) is 13.5 Å². The van der Waals surface area contributed by atoms with Crippen molar-refractivity contribution in [3.63, 3.8) is 0 Å². The second-order valence-electron chi connectivity index (χ2n) is 4.21. The Labute approximate surface area is 131 Å². The Morgan fingerprint density at radius 2 is 2.14 bits per heavy atom. The number of benzene rings is 1. The van der Waals surface area contributed by atoms with Crippen molar-refractivity contribution in [1.29, 1.82) is 0 Å². The molecule has 1 amide bonds. The van der Waals surface area contributed by atoms with E-state index in [1.54, 1.807) is 18.2 Å². The van der Waals surface area contributed by atoms with Gasteiger partial charge in [-0.3, -0.25) is 4.79 Å². The summed E-state index contributed by atoms with van der Waals surface area (Å²) in [6, 6.07) is 6.48. The molecule has 2 aromatic rings. The highest BCUT2D eigenvalue weighted by Gasteiger charge is 2.13. The first-order valence-corrected chi connectivity index (χ1v) is 7.02.